The van der Waals surface area contributed by atoms with Crippen LogP contribution in [-0.2, 0) is 12.8 Å². The first-order valence-corrected chi connectivity index (χ1v) is 8.22. The number of aryl methyl sites for hydroxylation is 3. The average molecular weight is 347 g/mol. The number of halogens is 1. The second-order valence-electron chi connectivity index (χ2n) is 5.64. The summed E-state index contributed by atoms with van der Waals surface area (Å²) in [5.41, 5.74) is 4.69. The van der Waals surface area contributed by atoms with E-state index in [9.17, 15) is 0 Å². The number of benzene rings is 1. The predicted molar refractivity (Wildman–Crippen MR) is 87.0 cm³/mol. The minimum absolute atomic E-state index is 0.725. The summed E-state index contributed by atoms with van der Waals surface area (Å²) < 4.78 is 7.21. The highest BCUT2D eigenvalue weighted by Gasteiger charge is 2.16. The summed E-state index contributed by atoms with van der Waals surface area (Å²) in [6.45, 7) is 4.15. The third kappa shape index (κ3) is 3.10. The van der Waals surface area contributed by atoms with E-state index in [-0.39, 0.29) is 0 Å². The Labute approximate surface area is 133 Å². The van der Waals surface area contributed by atoms with E-state index in [0.717, 1.165) is 34.6 Å². The molecule has 0 saturated heterocycles. The molecule has 0 aliphatic heterocycles. The normalized spacial score (nSPS) is 14.4. The smallest absolute Gasteiger partial charge is 0.225 e. The van der Waals surface area contributed by atoms with Gasteiger partial charge in [-0.15, -0.1) is 0 Å². The maximum absolute atomic E-state index is 6.08. The molecule has 0 bridgehead atoms. The Hall–Kier alpha value is -1.42. The van der Waals surface area contributed by atoms with Crippen molar-refractivity contribution in [2.45, 2.75) is 46.0 Å². The van der Waals surface area contributed by atoms with Crippen molar-refractivity contribution in [2.24, 2.45) is 0 Å². The maximum atomic E-state index is 6.08. The maximum Gasteiger partial charge on any atom is 0.225 e. The van der Waals surface area contributed by atoms with Gasteiger partial charge in [-0.25, -0.2) is 9.97 Å². The molecule has 1 heterocycles. The summed E-state index contributed by atoms with van der Waals surface area (Å²) in [7, 11) is 0. The van der Waals surface area contributed by atoms with Crippen LogP contribution < -0.4 is 4.74 Å². The Morgan fingerprint density at radius 1 is 1.00 bits per heavy atom. The second kappa shape index (κ2) is 6.14. The van der Waals surface area contributed by atoms with E-state index in [1.807, 2.05) is 12.1 Å². The highest BCUT2D eigenvalue weighted by Crippen LogP contribution is 2.32. The standard InChI is InChI=1S/C17H19BrN2O/c1-11-8-13(9-12(2)16(11)18)21-17-14-6-4-3-5-7-15(14)19-10-20-17/h8-10H,3-7H2,1-2H3. The lowest BCUT2D eigenvalue weighted by molar-refractivity contribution is 0.452. The molecule has 110 valence electrons. The quantitative estimate of drug-likeness (QED) is 0.724. The molecule has 3 nitrogen and oxygen atoms in total. The van der Waals surface area contributed by atoms with Gasteiger partial charge in [0.15, 0.2) is 0 Å². The van der Waals surface area contributed by atoms with Crippen molar-refractivity contribution in [3.05, 3.63) is 45.3 Å². The van der Waals surface area contributed by atoms with Crippen molar-refractivity contribution in [2.75, 3.05) is 0 Å². The predicted octanol–water partition coefficient (Wildman–Crippen LogP) is 4.92. The summed E-state index contributed by atoms with van der Waals surface area (Å²) in [5.74, 6) is 1.57. The van der Waals surface area contributed by atoms with Crippen LogP contribution in [0.3, 0.4) is 0 Å². The fraction of sp³-hybridized carbons (Fsp3) is 0.412. The van der Waals surface area contributed by atoms with Gasteiger partial charge in [0.05, 0.1) is 5.69 Å². The van der Waals surface area contributed by atoms with E-state index in [1.165, 1.54) is 36.0 Å². The van der Waals surface area contributed by atoms with Crippen molar-refractivity contribution >= 4 is 15.9 Å². The molecule has 0 fully saturated rings. The van der Waals surface area contributed by atoms with Gasteiger partial charge in [0.1, 0.15) is 12.1 Å². The fourth-order valence-corrected chi connectivity index (χ4v) is 3.06. The van der Waals surface area contributed by atoms with Gasteiger partial charge in [0.25, 0.3) is 0 Å². The summed E-state index contributed by atoms with van der Waals surface area (Å²) in [6, 6.07) is 4.09. The van der Waals surface area contributed by atoms with Crippen LogP contribution in [0.2, 0.25) is 0 Å². The third-order valence-electron chi connectivity index (χ3n) is 3.96. The lowest BCUT2D eigenvalue weighted by atomic mass is 10.1. The van der Waals surface area contributed by atoms with Crippen LogP contribution in [0.5, 0.6) is 11.6 Å². The summed E-state index contributed by atoms with van der Waals surface area (Å²) in [4.78, 5) is 8.80. The van der Waals surface area contributed by atoms with E-state index < -0.39 is 0 Å². The van der Waals surface area contributed by atoms with Crippen LogP contribution in [0.25, 0.3) is 0 Å². The van der Waals surface area contributed by atoms with Crippen molar-refractivity contribution in [3.63, 3.8) is 0 Å². The Morgan fingerprint density at radius 2 is 1.71 bits per heavy atom. The van der Waals surface area contributed by atoms with Gasteiger partial charge in [0, 0.05) is 10.0 Å². The first-order chi connectivity index (χ1) is 10.1. The van der Waals surface area contributed by atoms with Gasteiger partial charge < -0.3 is 4.74 Å². The third-order valence-corrected chi connectivity index (χ3v) is 5.21. The van der Waals surface area contributed by atoms with Gasteiger partial charge in [-0.1, -0.05) is 22.4 Å². The van der Waals surface area contributed by atoms with E-state index in [2.05, 4.69) is 39.7 Å². The Kier molecular flexibility index (Phi) is 4.24. The first-order valence-electron chi connectivity index (χ1n) is 7.42. The average Bonchev–Trinajstić information content (AvgIpc) is 2.71. The Balaban J connectivity index is 1.95. The zero-order valence-electron chi connectivity index (χ0n) is 12.4. The molecule has 1 aromatic heterocycles. The van der Waals surface area contributed by atoms with Gasteiger partial charge in [-0.3, -0.25) is 0 Å². The fourth-order valence-electron chi connectivity index (χ4n) is 2.83. The summed E-state index contributed by atoms with van der Waals surface area (Å²) in [5, 5.41) is 0. The molecule has 1 aromatic carbocycles. The number of nitrogens with zero attached hydrogens (tertiary/aromatic N) is 2. The molecule has 1 aliphatic carbocycles. The molecule has 0 atom stereocenters. The molecule has 21 heavy (non-hydrogen) atoms. The number of ether oxygens (including phenoxy) is 1. The molecular formula is C17H19BrN2O. The van der Waals surface area contributed by atoms with Crippen LogP contribution in [0.15, 0.2) is 22.9 Å². The number of aromatic nitrogens is 2. The van der Waals surface area contributed by atoms with Gasteiger partial charge >= 0.3 is 0 Å². The zero-order valence-corrected chi connectivity index (χ0v) is 14.0. The SMILES string of the molecule is Cc1cc(Oc2ncnc3c2CCCCC3)cc(C)c1Br. The molecule has 0 N–H and O–H groups in total. The number of rotatable bonds is 2. The van der Waals surface area contributed by atoms with Crippen LogP contribution in [0.1, 0.15) is 41.6 Å². The van der Waals surface area contributed by atoms with E-state index in [4.69, 9.17) is 4.74 Å². The van der Waals surface area contributed by atoms with E-state index in [0.29, 0.717) is 0 Å². The van der Waals surface area contributed by atoms with Crippen molar-refractivity contribution in [1.29, 1.82) is 0 Å². The van der Waals surface area contributed by atoms with Crippen LogP contribution in [-0.4, -0.2) is 9.97 Å². The summed E-state index contributed by atoms with van der Waals surface area (Å²) in [6.07, 6.45) is 7.33. The molecule has 4 heteroatoms. The number of hydrogen-bond donors (Lipinski definition) is 0. The van der Waals surface area contributed by atoms with E-state index >= 15 is 0 Å². The lowest BCUT2D eigenvalue weighted by Gasteiger charge is -2.13. The van der Waals surface area contributed by atoms with E-state index in [1.54, 1.807) is 6.33 Å². The van der Waals surface area contributed by atoms with Gasteiger partial charge in [0.2, 0.25) is 5.88 Å². The highest BCUT2D eigenvalue weighted by molar-refractivity contribution is 9.10. The molecule has 0 unspecified atom stereocenters. The molecule has 0 spiro atoms. The molecule has 3 rings (SSSR count). The lowest BCUT2D eigenvalue weighted by Crippen LogP contribution is -2.01. The Morgan fingerprint density at radius 3 is 2.48 bits per heavy atom. The minimum Gasteiger partial charge on any atom is -0.439 e. The summed E-state index contributed by atoms with van der Waals surface area (Å²) >= 11 is 3.59. The minimum atomic E-state index is 0.725. The molecule has 0 saturated carbocycles. The van der Waals surface area contributed by atoms with Gasteiger partial charge in [-0.05, 0) is 62.8 Å². The van der Waals surface area contributed by atoms with Crippen LogP contribution >= 0.6 is 15.9 Å². The zero-order chi connectivity index (χ0) is 14.8. The molecule has 1 aliphatic rings. The topological polar surface area (TPSA) is 35.0 Å². The largest absolute Gasteiger partial charge is 0.439 e. The first kappa shape index (κ1) is 14.5. The number of hydrogen-bond acceptors (Lipinski definition) is 3. The van der Waals surface area contributed by atoms with Crippen LogP contribution in [0.4, 0.5) is 0 Å². The van der Waals surface area contributed by atoms with Crippen molar-refractivity contribution < 1.29 is 4.74 Å². The molecule has 0 amide bonds. The second-order valence-corrected chi connectivity index (χ2v) is 6.43. The molecule has 0 radical (unpaired) electrons. The Bertz CT molecular complexity index is 647. The monoisotopic (exact) mass is 346 g/mol. The van der Waals surface area contributed by atoms with Crippen molar-refractivity contribution in [1.82, 2.24) is 9.97 Å². The van der Waals surface area contributed by atoms with Crippen molar-refractivity contribution in [3.8, 4) is 11.6 Å². The number of fused-ring (bicyclic) bond motifs is 1. The highest BCUT2D eigenvalue weighted by atomic mass is 79.9. The van der Waals surface area contributed by atoms with Gasteiger partial charge in [-0.2, -0.15) is 0 Å². The van der Waals surface area contributed by atoms with Crippen LogP contribution in [0, 0.1) is 13.8 Å². The molecular weight excluding hydrogens is 328 g/mol. The molecule has 2 aromatic rings.